The first kappa shape index (κ1) is 10.9. The maximum absolute atomic E-state index is 10.8. The highest BCUT2D eigenvalue weighted by molar-refractivity contribution is 5.69. The van der Waals surface area contributed by atoms with E-state index in [0.29, 0.717) is 6.04 Å². The van der Waals surface area contributed by atoms with Gasteiger partial charge in [0.1, 0.15) is 0 Å². The van der Waals surface area contributed by atoms with E-state index in [1.807, 2.05) is 0 Å². The lowest BCUT2D eigenvalue weighted by Crippen LogP contribution is -2.41. The molecule has 0 bridgehead atoms. The molecule has 0 saturated heterocycles. The van der Waals surface area contributed by atoms with Crippen LogP contribution in [0.5, 0.6) is 0 Å². The number of nitrogens with zero attached hydrogens (tertiary/aromatic N) is 1. The van der Waals surface area contributed by atoms with Gasteiger partial charge in [0, 0.05) is 12.6 Å². The summed E-state index contributed by atoms with van der Waals surface area (Å²) in [5.41, 5.74) is 0. The van der Waals surface area contributed by atoms with E-state index in [1.54, 1.807) is 0 Å². The minimum atomic E-state index is -0.672. The Hall–Kier alpha value is -0.570. The largest absolute Gasteiger partial charge is 0.480 e. The van der Waals surface area contributed by atoms with Gasteiger partial charge in [-0.1, -0.05) is 6.92 Å². The van der Waals surface area contributed by atoms with Crippen LogP contribution in [0.2, 0.25) is 0 Å². The standard InChI is InChI=1S/C12H21NO2/c1-2-11(10-5-6-10)13(8-12(14)15)7-9-3-4-9/h9-11H,2-8H2,1H3,(H,14,15). The van der Waals surface area contributed by atoms with Crippen LogP contribution in [0, 0.1) is 11.8 Å². The van der Waals surface area contributed by atoms with Crippen LogP contribution in [0.15, 0.2) is 0 Å². The van der Waals surface area contributed by atoms with Crippen LogP contribution >= 0.6 is 0 Å². The highest BCUT2D eigenvalue weighted by atomic mass is 16.4. The van der Waals surface area contributed by atoms with Crippen LogP contribution in [0.1, 0.15) is 39.0 Å². The number of aliphatic carboxylic acids is 1. The van der Waals surface area contributed by atoms with E-state index in [9.17, 15) is 4.79 Å². The van der Waals surface area contributed by atoms with Gasteiger partial charge in [0.2, 0.25) is 0 Å². The minimum Gasteiger partial charge on any atom is -0.480 e. The van der Waals surface area contributed by atoms with E-state index in [4.69, 9.17) is 5.11 Å². The Morgan fingerprint density at radius 3 is 2.47 bits per heavy atom. The maximum atomic E-state index is 10.8. The van der Waals surface area contributed by atoms with Gasteiger partial charge in [-0.2, -0.15) is 0 Å². The summed E-state index contributed by atoms with van der Waals surface area (Å²) in [5.74, 6) is 0.903. The van der Waals surface area contributed by atoms with Gasteiger partial charge in [-0.05, 0) is 43.9 Å². The molecule has 3 heteroatoms. The molecule has 1 unspecified atom stereocenters. The molecule has 86 valence electrons. The highest BCUT2D eigenvalue weighted by Crippen LogP contribution is 2.39. The normalized spacial score (nSPS) is 23.1. The lowest BCUT2D eigenvalue weighted by atomic mass is 10.1. The lowest BCUT2D eigenvalue weighted by molar-refractivity contribution is -0.139. The Morgan fingerprint density at radius 2 is 2.07 bits per heavy atom. The van der Waals surface area contributed by atoms with Crippen molar-refractivity contribution in [3.05, 3.63) is 0 Å². The van der Waals surface area contributed by atoms with Gasteiger partial charge in [0.15, 0.2) is 0 Å². The molecule has 2 fully saturated rings. The van der Waals surface area contributed by atoms with Crippen molar-refractivity contribution in [3.8, 4) is 0 Å². The molecule has 2 saturated carbocycles. The Balaban J connectivity index is 1.90. The Bertz CT molecular complexity index is 234. The second-order valence-corrected chi connectivity index (χ2v) is 5.08. The zero-order valence-electron chi connectivity index (χ0n) is 9.48. The first-order valence-corrected chi connectivity index (χ1v) is 6.16. The highest BCUT2D eigenvalue weighted by Gasteiger charge is 2.36. The summed E-state index contributed by atoms with van der Waals surface area (Å²) >= 11 is 0. The molecule has 1 N–H and O–H groups in total. The summed E-state index contributed by atoms with van der Waals surface area (Å²) in [6.07, 6.45) is 6.32. The maximum Gasteiger partial charge on any atom is 0.317 e. The molecule has 15 heavy (non-hydrogen) atoms. The number of rotatable bonds is 7. The third kappa shape index (κ3) is 3.20. The van der Waals surface area contributed by atoms with Crippen molar-refractivity contribution in [3.63, 3.8) is 0 Å². The number of carboxylic acid groups (broad SMARTS) is 1. The van der Waals surface area contributed by atoms with Crippen LogP contribution in [0.3, 0.4) is 0 Å². The van der Waals surface area contributed by atoms with Crippen LogP contribution in [0.25, 0.3) is 0 Å². The van der Waals surface area contributed by atoms with Gasteiger partial charge >= 0.3 is 5.97 Å². The summed E-state index contributed by atoms with van der Waals surface area (Å²) in [6.45, 7) is 3.44. The quantitative estimate of drug-likeness (QED) is 0.700. The van der Waals surface area contributed by atoms with E-state index in [-0.39, 0.29) is 6.54 Å². The van der Waals surface area contributed by atoms with Crippen molar-refractivity contribution in [1.82, 2.24) is 4.90 Å². The van der Waals surface area contributed by atoms with E-state index < -0.39 is 5.97 Å². The molecule has 2 rings (SSSR count). The third-order valence-electron chi connectivity index (χ3n) is 3.58. The zero-order chi connectivity index (χ0) is 10.8. The van der Waals surface area contributed by atoms with Crippen molar-refractivity contribution in [2.24, 2.45) is 11.8 Å². The second kappa shape index (κ2) is 4.52. The average molecular weight is 211 g/mol. The van der Waals surface area contributed by atoms with Crippen LogP contribution in [-0.2, 0) is 4.79 Å². The number of carboxylic acids is 1. The molecular weight excluding hydrogens is 190 g/mol. The average Bonchev–Trinajstić information content (AvgIpc) is 2.97. The first-order valence-electron chi connectivity index (χ1n) is 6.16. The number of hydrogen-bond acceptors (Lipinski definition) is 2. The molecule has 0 aliphatic heterocycles. The monoisotopic (exact) mass is 211 g/mol. The molecule has 1 atom stereocenters. The van der Waals surface area contributed by atoms with Gasteiger partial charge in [-0.3, -0.25) is 9.69 Å². The molecule has 0 aromatic heterocycles. The van der Waals surface area contributed by atoms with E-state index in [0.717, 1.165) is 24.8 Å². The molecule has 0 spiro atoms. The lowest BCUT2D eigenvalue weighted by Gasteiger charge is -2.29. The summed E-state index contributed by atoms with van der Waals surface area (Å²) in [7, 11) is 0. The fourth-order valence-electron chi connectivity index (χ4n) is 2.49. The molecule has 0 amide bonds. The summed E-state index contributed by atoms with van der Waals surface area (Å²) < 4.78 is 0. The molecule has 3 nitrogen and oxygen atoms in total. The second-order valence-electron chi connectivity index (χ2n) is 5.08. The van der Waals surface area contributed by atoms with Crippen LogP contribution in [0.4, 0.5) is 0 Å². The first-order chi connectivity index (χ1) is 7.20. The SMILES string of the molecule is CCC(C1CC1)N(CC(=O)O)CC1CC1. The topological polar surface area (TPSA) is 40.5 Å². The van der Waals surface area contributed by atoms with Crippen molar-refractivity contribution in [2.45, 2.75) is 45.1 Å². The van der Waals surface area contributed by atoms with Gasteiger partial charge < -0.3 is 5.11 Å². The fourth-order valence-corrected chi connectivity index (χ4v) is 2.49. The summed E-state index contributed by atoms with van der Waals surface area (Å²) in [6, 6.07) is 0.529. The predicted octanol–water partition coefficient (Wildman–Crippen LogP) is 1.97. The fraction of sp³-hybridized carbons (Fsp3) is 0.917. The molecule has 0 heterocycles. The molecule has 0 aromatic carbocycles. The molecule has 2 aliphatic carbocycles. The smallest absolute Gasteiger partial charge is 0.317 e. The van der Waals surface area contributed by atoms with Crippen molar-refractivity contribution in [2.75, 3.05) is 13.1 Å². The van der Waals surface area contributed by atoms with Gasteiger partial charge in [0.25, 0.3) is 0 Å². The van der Waals surface area contributed by atoms with Crippen molar-refractivity contribution < 1.29 is 9.90 Å². The molecular formula is C12H21NO2. The number of hydrogen-bond donors (Lipinski definition) is 1. The van der Waals surface area contributed by atoms with Gasteiger partial charge in [0.05, 0.1) is 6.54 Å². The number of carbonyl (C=O) groups is 1. The summed E-state index contributed by atoms with van der Waals surface area (Å²) in [4.78, 5) is 13.1. The van der Waals surface area contributed by atoms with Gasteiger partial charge in [-0.25, -0.2) is 0 Å². The van der Waals surface area contributed by atoms with E-state index >= 15 is 0 Å². The molecule has 0 radical (unpaired) electrons. The van der Waals surface area contributed by atoms with Gasteiger partial charge in [-0.15, -0.1) is 0 Å². The Morgan fingerprint density at radius 1 is 1.40 bits per heavy atom. The van der Waals surface area contributed by atoms with Crippen LogP contribution in [-0.4, -0.2) is 35.1 Å². The Labute approximate surface area is 91.5 Å². The molecule has 2 aliphatic rings. The zero-order valence-corrected chi connectivity index (χ0v) is 9.48. The minimum absolute atomic E-state index is 0.242. The predicted molar refractivity (Wildman–Crippen MR) is 58.7 cm³/mol. The Kier molecular flexibility index (Phi) is 3.29. The van der Waals surface area contributed by atoms with Crippen LogP contribution < -0.4 is 0 Å². The third-order valence-corrected chi connectivity index (χ3v) is 3.58. The van der Waals surface area contributed by atoms with E-state index in [1.165, 1.54) is 25.7 Å². The molecule has 0 aromatic rings. The van der Waals surface area contributed by atoms with E-state index in [2.05, 4.69) is 11.8 Å². The van der Waals surface area contributed by atoms with Crippen molar-refractivity contribution >= 4 is 5.97 Å². The van der Waals surface area contributed by atoms with Crippen molar-refractivity contribution in [1.29, 1.82) is 0 Å². The summed E-state index contributed by atoms with van der Waals surface area (Å²) in [5, 5.41) is 8.92.